The number of carbonyl (C=O) groups excluding carboxylic acids is 1. The second-order valence-electron chi connectivity index (χ2n) is 7.66. The van der Waals surface area contributed by atoms with Gasteiger partial charge in [0.1, 0.15) is 12.6 Å². The van der Waals surface area contributed by atoms with Crippen molar-refractivity contribution in [1.29, 1.82) is 5.26 Å². The van der Waals surface area contributed by atoms with Gasteiger partial charge in [-0.25, -0.2) is 0 Å². The first kappa shape index (κ1) is 22.7. The summed E-state index contributed by atoms with van der Waals surface area (Å²) in [6.45, 7) is 4.78. The monoisotopic (exact) mass is 476 g/mol. The summed E-state index contributed by atoms with van der Waals surface area (Å²) in [6.07, 6.45) is 0. The summed E-state index contributed by atoms with van der Waals surface area (Å²) in [5.41, 5.74) is 4.50. The molecule has 3 aromatic rings. The molecule has 0 aliphatic heterocycles. The van der Waals surface area contributed by atoms with Gasteiger partial charge in [-0.1, -0.05) is 90.4 Å². The van der Waals surface area contributed by atoms with Gasteiger partial charge in [0, 0.05) is 11.0 Å². The van der Waals surface area contributed by atoms with Crippen LogP contribution in [-0.4, -0.2) is 12.0 Å². The number of nitrogens with one attached hydrogen (secondary N) is 1. The summed E-state index contributed by atoms with van der Waals surface area (Å²) in [4.78, 5) is 12.6. The van der Waals surface area contributed by atoms with Crippen LogP contribution < -0.4 is 5.32 Å². The Morgan fingerprint density at radius 1 is 1.06 bits per heavy atom. The minimum Gasteiger partial charge on any atom is -0.460 e. The molecule has 3 aromatic carbocycles. The smallest absolute Gasteiger partial charge is 0.323 e. The van der Waals surface area contributed by atoms with Gasteiger partial charge in [-0.3, -0.25) is 4.79 Å². The summed E-state index contributed by atoms with van der Waals surface area (Å²) in [6, 6.07) is 25.0. The molecule has 0 radical (unpaired) electrons. The first-order valence-electron chi connectivity index (χ1n) is 10.2. The van der Waals surface area contributed by atoms with Gasteiger partial charge in [0.05, 0.1) is 11.6 Å². The molecule has 3 rings (SSSR count). The highest BCUT2D eigenvalue weighted by molar-refractivity contribution is 9.10. The highest BCUT2D eigenvalue weighted by atomic mass is 79.9. The lowest BCUT2D eigenvalue weighted by Gasteiger charge is -2.21. The van der Waals surface area contributed by atoms with Crippen molar-refractivity contribution in [3.63, 3.8) is 0 Å². The van der Waals surface area contributed by atoms with Crippen molar-refractivity contribution >= 4 is 21.9 Å². The van der Waals surface area contributed by atoms with Crippen LogP contribution in [0.1, 0.15) is 30.5 Å². The molecule has 0 saturated carbocycles. The van der Waals surface area contributed by atoms with E-state index in [9.17, 15) is 10.1 Å². The van der Waals surface area contributed by atoms with Crippen molar-refractivity contribution in [3.05, 3.63) is 94.0 Å². The van der Waals surface area contributed by atoms with Crippen molar-refractivity contribution in [1.82, 2.24) is 5.32 Å². The van der Waals surface area contributed by atoms with Crippen molar-refractivity contribution in [2.45, 2.75) is 33.0 Å². The van der Waals surface area contributed by atoms with E-state index in [0.29, 0.717) is 12.1 Å². The fourth-order valence-electron chi connectivity index (χ4n) is 3.32. The maximum atomic E-state index is 12.6. The van der Waals surface area contributed by atoms with Crippen LogP contribution in [0.3, 0.4) is 0 Å². The minimum atomic E-state index is -0.408. The second-order valence-corrected chi connectivity index (χ2v) is 8.51. The molecule has 0 heterocycles. The van der Waals surface area contributed by atoms with Gasteiger partial charge in [0.15, 0.2) is 0 Å². The van der Waals surface area contributed by atoms with E-state index in [1.54, 1.807) is 0 Å². The van der Waals surface area contributed by atoms with E-state index in [1.807, 2.05) is 86.6 Å². The largest absolute Gasteiger partial charge is 0.460 e. The van der Waals surface area contributed by atoms with E-state index >= 15 is 0 Å². The Balaban J connectivity index is 1.66. The SMILES string of the molecule is CC(C)[C@H](NCc1ccc(-c2ccccc2C#N)cc1Br)C(=O)OCc1ccccc1. The van der Waals surface area contributed by atoms with Crippen molar-refractivity contribution in [3.8, 4) is 17.2 Å². The maximum absolute atomic E-state index is 12.6. The molecule has 0 aromatic heterocycles. The number of esters is 1. The molecule has 5 heteroatoms. The van der Waals surface area contributed by atoms with Gasteiger partial charge in [0.25, 0.3) is 0 Å². The molecular formula is C26H25BrN2O2. The third-order valence-corrected chi connectivity index (χ3v) is 5.81. The highest BCUT2D eigenvalue weighted by Crippen LogP contribution is 2.28. The van der Waals surface area contributed by atoms with Gasteiger partial charge >= 0.3 is 5.97 Å². The topological polar surface area (TPSA) is 62.1 Å². The zero-order valence-corrected chi connectivity index (χ0v) is 19.2. The normalized spacial score (nSPS) is 11.7. The molecule has 0 bridgehead atoms. The van der Waals surface area contributed by atoms with Gasteiger partial charge < -0.3 is 10.1 Å². The van der Waals surface area contributed by atoms with Gasteiger partial charge in [0.2, 0.25) is 0 Å². The van der Waals surface area contributed by atoms with Crippen LogP contribution in [0.4, 0.5) is 0 Å². The van der Waals surface area contributed by atoms with Crippen LogP contribution in [0, 0.1) is 17.2 Å². The number of ether oxygens (including phenoxy) is 1. The third kappa shape index (κ3) is 6.04. The molecule has 0 unspecified atom stereocenters. The summed E-state index contributed by atoms with van der Waals surface area (Å²) < 4.78 is 6.45. The standard InChI is InChI=1S/C26H25BrN2O2/c1-18(2)25(26(30)31-17-19-8-4-3-5-9-19)29-16-22-13-12-20(14-24(22)27)23-11-7-6-10-21(23)15-28/h3-14,18,25,29H,16-17H2,1-2H3/t25-/m0/s1. The lowest BCUT2D eigenvalue weighted by Crippen LogP contribution is -2.41. The molecule has 1 N–H and O–H groups in total. The number of rotatable bonds is 8. The Kier molecular flexibility index (Phi) is 8.00. The van der Waals surface area contributed by atoms with E-state index in [2.05, 4.69) is 27.3 Å². The van der Waals surface area contributed by atoms with E-state index in [4.69, 9.17) is 4.74 Å². The Labute approximate surface area is 192 Å². The summed E-state index contributed by atoms with van der Waals surface area (Å²) in [7, 11) is 0. The van der Waals surface area contributed by atoms with Crippen LogP contribution in [0.25, 0.3) is 11.1 Å². The number of nitrogens with zero attached hydrogens (tertiary/aromatic N) is 1. The predicted octanol–water partition coefficient (Wildman–Crippen LogP) is 5.85. The molecule has 0 aliphatic rings. The molecule has 31 heavy (non-hydrogen) atoms. The molecule has 158 valence electrons. The molecular weight excluding hydrogens is 452 g/mol. The summed E-state index contributed by atoms with van der Waals surface area (Å²) >= 11 is 3.64. The highest BCUT2D eigenvalue weighted by Gasteiger charge is 2.23. The molecule has 4 nitrogen and oxygen atoms in total. The molecule has 1 atom stereocenters. The van der Waals surface area contributed by atoms with Gasteiger partial charge in [-0.2, -0.15) is 5.26 Å². The van der Waals surface area contributed by atoms with Crippen molar-refractivity contribution in [2.75, 3.05) is 0 Å². The van der Waals surface area contributed by atoms with E-state index in [-0.39, 0.29) is 18.5 Å². The molecule has 0 fully saturated rings. The van der Waals surface area contributed by atoms with Crippen LogP contribution in [0.15, 0.2) is 77.3 Å². The fourth-order valence-corrected chi connectivity index (χ4v) is 3.84. The predicted molar refractivity (Wildman–Crippen MR) is 126 cm³/mol. The van der Waals surface area contributed by atoms with Crippen molar-refractivity contribution in [2.24, 2.45) is 5.92 Å². The first-order chi connectivity index (χ1) is 15.0. The third-order valence-electron chi connectivity index (χ3n) is 5.07. The number of halogens is 1. The lowest BCUT2D eigenvalue weighted by atomic mass is 9.99. The Morgan fingerprint density at radius 2 is 1.77 bits per heavy atom. The fraction of sp³-hybridized carbons (Fsp3) is 0.231. The quantitative estimate of drug-likeness (QED) is 0.414. The zero-order chi connectivity index (χ0) is 22.2. The average molecular weight is 477 g/mol. The molecule has 0 spiro atoms. The maximum Gasteiger partial charge on any atom is 0.323 e. The van der Waals surface area contributed by atoms with E-state index in [1.165, 1.54) is 0 Å². The average Bonchev–Trinajstić information content (AvgIpc) is 2.79. The zero-order valence-electron chi connectivity index (χ0n) is 17.6. The van der Waals surface area contributed by atoms with Crippen LogP contribution in [0.2, 0.25) is 0 Å². The van der Waals surface area contributed by atoms with E-state index < -0.39 is 6.04 Å². The second kappa shape index (κ2) is 10.9. The molecule has 0 amide bonds. The first-order valence-corrected chi connectivity index (χ1v) is 11.0. The number of nitriles is 1. The summed E-state index contributed by atoms with van der Waals surface area (Å²) in [5.74, 6) is -0.168. The van der Waals surface area contributed by atoms with Gasteiger partial charge in [-0.15, -0.1) is 0 Å². The van der Waals surface area contributed by atoms with Crippen molar-refractivity contribution < 1.29 is 9.53 Å². The molecule has 0 saturated heterocycles. The number of hydrogen-bond donors (Lipinski definition) is 1. The van der Waals surface area contributed by atoms with E-state index in [0.717, 1.165) is 26.7 Å². The Hall–Kier alpha value is -2.94. The summed E-state index contributed by atoms with van der Waals surface area (Å²) in [5, 5.41) is 12.7. The minimum absolute atomic E-state index is 0.0869. The number of carbonyl (C=O) groups is 1. The number of hydrogen-bond acceptors (Lipinski definition) is 4. The molecule has 0 aliphatic carbocycles. The lowest BCUT2D eigenvalue weighted by molar-refractivity contribution is -0.148. The van der Waals surface area contributed by atoms with Crippen LogP contribution in [-0.2, 0) is 22.7 Å². The van der Waals surface area contributed by atoms with Crippen LogP contribution in [0.5, 0.6) is 0 Å². The van der Waals surface area contributed by atoms with Crippen LogP contribution >= 0.6 is 15.9 Å². The Morgan fingerprint density at radius 3 is 2.45 bits per heavy atom. The number of benzene rings is 3. The Bertz CT molecular complexity index is 1070. The van der Waals surface area contributed by atoms with Gasteiger partial charge in [-0.05, 0) is 40.3 Å².